The van der Waals surface area contributed by atoms with Crippen molar-refractivity contribution in [2.75, 3.05) is 0 Å². The zero-order chi connectivity index (χ0) is 9.26. The molecule has 1 aromatic heterocycles. The number of aromatic nitrogens is 2. The monoisotopic (exact) mass is 173 g/mol. The van der Waals surface area contributed by atoms with E-state index in [2.05, 4.69) is 27.1 Å². The summed E-state index contributed by atoms with van der Waals surface area (Å²) in [7, 11) is 0. The van der Waals surface area contributed by atoms with Gasteiger partial charge in [-0.3, -0.25) is 0 Å². The predicted octanol–water partition coefficient (Wildman–Crippen LogP) is 2.15. The molecular formula is C10H9N2O. The number of rotatable bonds is 1. The van der Waals surface area contributed by atoms with Gasteiger partial charge in [-0.1, -0.05) is 22.3 Å². The third-order valence-corrected chi connectivity index (χ3v) is 1.80. The number of aryl methyl sites for hydroxylation is 2. The van der Waals surface area contributed by atoms with Crippen LogP contribution in [0.2, 0.25) is 0 Å². The molecule has 0 aliphatic carbocycles. The van der Waals surface area contributed by atoms with Crippen molar-refractivity contribution >= 4 is 0 Å². The van der Waals surface area contributed by atoms with Gasteiger partial charge < -0.3 is 4.52 Å². The molecule has 65 valence electrons. The smallest absolute Gasteiger partial charge is 0.316 e. The maximum absolute atomic E-state index is 4.56. The molecule has 0 aliphatic rings. The summed E-state index contributed by atoms with van der Waals surface area (Å²) in [5.41, 5.74) is 3.36. The Morgan fingerprint density at radius 2 is 1.85 bits per heavy atom. The fourth-order valence-electron chi connectivity index (χ4n) is 1.37. The quantitative estimate of drug-likeness (QED) is 0.663. The van der Waals surface area contributed by atoms with E-state index in [0.29, 0.717) is 5.82 Å². The van der Waals surface area contributed by atoms with Gasteiger partial charge in [0.15, 0.2) is 0 Å². The van der Waals surface area contributed by atoms with Gasteiger partial charge in [-0.05, 0) is 26.0 Å². The fraction of sp³-hybridized carbons (Fsp3) is 0.200. The van der Waals surface area contributed by atoms with Crippen LogP contribution in [0.3, 0.4) is 0 Å². The third-order valence-electron chi connectivity index (χ3n) is 1.80. The van der Waals surface area contributed by atoms with Crippen LogP contribution in [0.5, 0.6) is 0 Å². The average Bonchev–Trinajstić information content (AvgIpc) is 2.53. The number of nitrogens with zero attached hydrogens (tertiary/aromatic N) is 2. The molecule has 0 fully saturated rings. The van der Waals surface area contributed by atoms with E-state index in [9.17, 15) is 0 Å². The number of hydrogen-bond donors (Lipinski definition) is 0. The minimum absolute atomic E-state index is 0.590. The molecule has 1 aromatic carbocycles. The summed E-state index contributed by atoms with van der Waals surface area (Å²) in [6.45, 7) is 4.08. The minimum atomic E-state index is 0.590. The molecule has 2 aromatic rings. The Kier molecular flexibility index (Phi) is 1.85. The van der Waals surface area contributed by atoms with Gasteiger partial charge in [-0.15, -0.1) is 0 Å². The largest absolute Gasteiger partial charge is 0.328 e. The molecule has 0 unspecified atom stereocenters. The first-order valence-corrected chi connectivity index (χ1v) is 4.04. The molecule has 2 rings (SSSR count). The lowest BCUT2D eigenvalue weighted by molar-refractivity contribution is 0.411. The summed E-state index contributed by atoms with van der Waals surface area (Å²) < 4.78 is 4.56. The Morgan fingerprint density at radius 1 is 1.15 bits per heavy atom. The SMILES string of the molecule is Cc1cc(C)cc(-c2n[c]on2)c1. The second-order valence-electron chi connectivity index (χ2n) is 3.09. The summed E-state index contributed by atoms with van der Waals surface area (Å²) in [5.74, 6) is 0.590. The molecule has 0 bridgehead atoms. The second-order valence-corrected chi connectivity index (χ2v) is 3.09. The summed E-state index contributed by atoms with van der Waals surface area (Å²) in [4.78, 5) is 3.87. The molecule has 0 aliphatic heterocycles. The molecule has 0 saturated carbocycles. The molecule has 13 heavy (non-hydrogen) atoms. The van der Waals surface area contributed by atoms with Crippen LogP contribution in [-0.2, 0) is 0 Å². The number of benzene rings is 1. The maximum atomic E-state index is 4.56. The Morgan fingerprint density at radius 3 is 2.38 bits per heavy atom. The van der Waals surface area contributed by atoms with Crippen LogP contribution >= 0.6 is 0 Å². The Labute approximate surface area is 76.4 Å². The molecule has 1 radical (unpaired) electrons. The van der Waals surface area contributed by atoms with Crippen LogP contribution < -0.4 is 0 Å². The van der Waals surface area contributed by atoms with E-state index in [1.54, 1.807) is 0 Å². The van der Waals surface area contributed by atoms with Crippen LogP contribution in [0.4, 0.5) is 0 Å². The van der Waals surface area contributed by atoms with Gasteiger partial charge in [0.1, 0.15) is 0 Å². The van der Waals surface area contributed by atoms with Crippen LogP contribution in [0.1, 0.15) is 11.1 Å². The van der Waals surface area contributed by atoms with E-state index in [1.165, 1.54) is 11.1 Å². The van der Waals surface area contributed by atoms with Crippen molar-refractivity contribution in [2.24, 2.45) is 0 Å². The summed E-state index contributed by atoms with van der Waals surface area (Å²) in [6, 6.07) is 6.14. The van der Waals surface area contributed by atoms with Gasteiger partial charge >= 0.3 is 6.39 Å². The highest BCUT2D eigenvalue weighted by molar-refractivity contribution is 5.56. The maximum Gasteiger partial charge on any atom is 0.316 e. The van der Waals surface area contributed by atoms with E-state index in [4.69, 9.17) is 0 Å². The topological polar surface area (TPSA) is 38.9 Å². The Bertz CT molecular complexity index is 387. The normalized spacial score (nSPS) is 10.3. The first-order chi connectivity index (χ1) is 6.25. The molecule has 0 amide bonds. The Hall–Kier alpha value is -1.64. The van der Waals surface area contributed by atoms with Gasteiger partial charge in [0.25, 0.3) is 0 Å². The van der Waals surface area contributed by atoms with Gasteiger partial charge in [0, 0.05) is 5.56 Å². The van der Waals surface area contributed by atoms with Crippen molar-refractivity contribution in [1.82, 2.24) is 10.1 Å². The Balaban J connectivity index is 2.53. The minimum Gasteiger partial charge on any atom is -0.328 e. The molecule has 1 heterocycles. The second kappa shape index (κ2) is 3.01. The predicted molar refractivity (Wildman–Crippen MR) is 48.0 cm³/mol. The van der Waals surface area contributed by atoms with Crippen molar-refractivity contribution < 1.29 is 4.52 Å². The number of hydrogen-bond acceptors (Lipinski definition) is 3. The van der Waals surface area contributed by atoms with Crippen LogP contribution in [0.25, 0.3) is 11.4 Å². The van der Waals surface area contributed by atoms with Crippen molar-refractivity contribution in [2.45, 2.75) is 13.8 Å². The van der Waals surface area contributed by atoms with Gasteiger partial charge in [0.2, 0.25) is 5.82 Å². The molecular weight excluding hydrogens is 164 g/mol. The van der Waals surface area contributed by atoms with E-state index >= 15 is 0 Å². The molecule has 3 nitrogen and oxygen atoms in total. The van der Waals surface area contributed by atoms with E-state index in [-0.39, 0.29) is 0 Å². The van der Waals surface area contributed by atoms with E-state index in [0.717, 1.165) is 5.56 Å². The van der Waals surface area contributed by atoms with Crippen molar-refractivity contribution in [3.8, 4) is 11.4 Å². The first kappa shape index (κ1) is 7.98. The highest BCUT2D eigenvalue weighted by Gasteiger charge is 2.03. The van der Waals surface area contributed by atoms with Gasteiger partial charge in [0.05, 0.1) is 0 Å². The first-order valence-electron chi connectivity index (χ1n) is 4.04. The average molecular weight is 173 g/mol. The lowest BCUT2D eigenvalue weighted by Gasteiger charge is -1.99. The van der Waals surface area contributed by atoms with Crippen LogP contribution in [-0.4, -0.2) is 10.1 Å². The fourth-order valence-corrected chi connectivity index (χ4v) is 1.37. The molecule has 3 heteroatoms. The van der Waals surface area contributed by atoms with Crippen molar-refractivity contribution in [3.05, 3.63) is 35.7 Å². The van der Waals surface area contributed by atoms with Gasteiger partial charge in [-0.2, -0.15) is 4.98 Å². The van der Waals surface area contributed by atoms with Crippen LogP contribution in [0.15, 0.2) is 22.7 Å². The summed E-state index contributed by atoms with van der Waals surface area (Å²) in [6.07, 6.45) is 2.33. The van der Waals surface area contributed by atoms with Crippen molar-refractivity contribution in [3.63, 3.8) is 0 Å². The zero-order valence-corrected chi connectivity index (χ0v) is 7.53. The molecule has 0 N–H and O–H groups in total. The van der Waals surface area contributed by atoms with Crippen molar-refractivity contribution in [1.29, 1.82) is 0 Å². The summed E-state index contributed by atoms with van der Waals surface area (Å²) >= 11 is 0. The molecule has 0 saturated heterocycles. The van der Waals surface area contributed by atoms with E-state index < -0.39 is 0 Å². The zero-order valence-electron chi connectivity index (χ0n) is 7.53. The van der Waals surface area contributed by atoms with Gasteiger partial charge in [-0.25, -0.2) is 0 Å². The highest BCUT2D eigenvalue weighted by Crippen LogP contribution is 2.17. The highest BCUT2D eigenvalue weighted by atomic mass is 16.5. The van der Waals surface area contributed by atoms with E-state index in [1.807, 2.05) is 26.0 Å². The standard InChI is InChI=1S/C10H9N2O/c1-7-3-8(2)5-9(4-7)10-11-6-13-12-10/h3-5H,1-2H3. The molecule has 0 atom stereocenters. The van der Waals surface area contributed by atoms with Crippen LogP contribution in [0, 0.1) is 20.2 Å². The summed E-state index contributed by atoms with van der Waals surface area (Å²) in [5, 5.41) is 3.73. The lowest BCUT2D eigenvalue weighted by atomic mass is 10.1. The molecule has 0 spiro atoms. The third kappa shape index (κ3) is 1.59. The lowest BCUT2D eigenvalue weighted by Crippen LogP contribution is -1.84.